The van der Waals surface area contributed by atoms with Gasteiger partial charge in [-0.25, -0.2) is 0 Å². The zero-order valence-corrected chi connectivity index (χ0v) is 21.7. The van der Waals surface area contributed by atoms with Crippen LogP contribution in [0, 0.1) is 45.3 Å². The van der Waals surface area contributed by atoms with E-state index in [1.54, 1.807) is 0 Å². The van der Waals surface area contributed by atoms with E-state index in [4.69, 9.17) is 0 Å². The van der Waals surface area contributed by atoms with E-state index < -0.39 is 6.10 Å². The second-order valence-corrected chi connectivity index (χ2v) is 13.5. The predicted octanol–water partition coefficient (Wildman–Crippen LogP) is 7.51. The van der Waals surface area contributed by atoms with Crippen LogP contribution in [0.2, 0.25) is 0 Å². The molecule has 1 N–H and O–H groups in total. The van der Waals surface area contributed by atoms with Gasteiger partial charge >= 0.3 is 0 Å². The molecule has 2 unspecified atom stereocenters. The van der Waals surface area contributed by atoms with Gasteiger partial charge < -0.3 is 5.11 Å². The van der Waals surface area contributed by atoms with Crippen LogP contribution in [-0.4, -0.2) is 17.0 Å². The summed E-state index contributed by atoms with van der Waals surface area (Å²) in [6.07, 6.45) is 10.8. The number of hydrogen-bond donors (Lipinski definition) is 1. The first-order chi connectivity index (χ1) is 14.8. The Bertz CT molecular complexity index is 808. The van der Waals surface area contributed by atoms with Crippen LogP contribution in [0.15, 0.2) is 24.3 Å². The molecule has 0 bridgehead atoms. The Kier molecular flexibility index (Phi) is 5.93. The quantitative estimate of drug-likeness (QED) is 0.449. The summed E-state index contributed by atoms with van der Waals surface area (Å²) in [5.74, 6) is 3.07. The molecule has 2 nitrogen and oxygen atoms in total. The molecule has 0 amide bonds. The summed E-state index contributed by atoms with van der Waals surface area (Å²) in [6, 6.07) is 0. The first-order valence-corrected chi connectivity index (χ1v) is 13.3. The van der Waals surface area contributed by atoms with Crippen LogP contribution in [0.4, 0.5) is 0 Å². The van der Waals surface area contributed by atoms with Gasteiger partial charge in [0, 0.05) is 11.8 Å². The lowest BCUT2D eigenvalue weighted by Gasteiger charge is -2.69. The average molecular weight is 441 g/mol. The fourth-order valence-corrected chi connectivity index (χ4v) is 9.79. The summed E-state index contributed by atoms with van der Waals surface area (Å²) in [6.45, 7) is 22.7. The Morgan fingerprint density at radius 3 is 2.28 bits per heavy atom. The molecule has 4 saturated carbocycles. The second-order valence-electron chi connectivity index (χ2n) is 13.5. The van der Waals surface area contributed by atoms with Crippen molar-refractivity contribution in [2.24, 2.45) is 45.3 Å². The molecule has 8 atom stereocenters. The molecule has 4 aliphatic carbocycles. The first-order valence-electron chi connectivity index (χ1n) is 13.3. The van der Waals surface area contributed by atoms with Crippen molar-refractivity contribution >= 4 is 5.78 Å². The molecule has 0 aromatic rings. The lowest BCUT2D eigenvalue weighted by Crippen LogP contribution is -2.63. The number of allylic oxidation sites excluding steroid dienone is 1. The maximum Gasteiger partial charge on any atom is 0.138 e. The lowest BCUT2D eigenvalue weighted by molar-refractivity contribution is -0.201. The number of carbonyl (C=O) groups is 1. The third-order valence-corrected chi connectivity index (χ3v) is 12.0. The van der Waals surface area contributed by atoms with E-state index >= 15 is 0 Å². The Labute approximate surface area is 197 Å². The Balaban J connectivity index is 1.57. The molecule has 2 heteroatoms. The number of aliphatic hydroxyl groups excluding tert-OH is 1. The number of ketones is 1. The minimum atomic E-state index is -0.402. The number of carbonyl (C=O) groups excluding carboxylic acids is 1. The number of Topliss-reactive ketones (excluding diaryl/α,β-unsaturated/α-hetero) is 1. The van der Waals surface area contributed by atoms with Crippen LogP contribution < -0.4 is 0 Å². The third kappa shape index (κ3) is 3.25. The lowest BCUT2D eigenvalue weighted by atomic mass is 9.35. The van der Waals surface area contributed by atoms with Gasteiger partial charge in [0.2, 0.25) is 0 Å². The maximum atomic E-state index is 12.8. The minimum absolute atomic E-state index is 0.164. The summed E-state index contributed by atoms with van der Waals surface area (Å²) < 4.78 is 0. The normalized spacial score (nSPS) is 46.0. The van der Waals surface area contributed by atoms with Crippen molar-refractivity contribution in [3.05, 3.63) is 24.3 Å². The van der Waals surface area contributed by atoms with Crippen LogP contribution in [-0.2, 0) is 4.79 Å². The highest BCUT2D eigenvalue weighted by atomic mass is 16.3. The third-order valence-electron chi connectivity index (χ3n) is 12.0. The molecule has 180 valence electrons. The van der Waals surface area contributed by atoms with Gasteiger partial charge in [-0.2, -0.15) is 0 Å². The van der Waals surface area contributed by atoms with E-state index in [0.717, 1.165) is 43.1 Å². The van der Waals surface area contributed by atoms with Crippen LogP contribution in [0.3, 0.4) is 0 Å². The highest BCUT2D eigenvalue weighted by molar-refractivity contribution is 5.85. The molecule has 0 aliphatic heterocycles. The van der Waals surface area contributed by atoms with Gasteiger partial charge in [0.15, 0.2) is 0 Å². The van der Waals surface area contributed by atoms with Gasteiger partial charge in [-0.1, -0.05) is 58.9 Å². The topological polar surface area (TPSA) is 37.3 Å². The zero-order valence-electron chi connectivity index (χ0n) is 21.7. The Morgan fingerprint density at radius 1 is 0.969 bits per heavy atom. The summed E-state index contributed by atoms with van der Waals surface area (Å²) in [5, 5.41) is 10.2. The van der Waals surface area contributed by atoms with E-state index in [2.05, 4.69) is 47.8 Å². The first kappa shape index (κ1) is 24.2. The summed E-state index contributed by atoms with van der Waals surface area (Å²) in [4.78, 5) is 12.8. The molecule has 0 spiro atoms. The molecular formula is C30H48O2. The van der Waals surface area contributed by atoms with Crippen molar-refractivity contribution in [3.8, 4) is 0 Å². The fourth-order valence-electron chi connectivity index (χ4n) is 9.79. The van der Waals surface area contributed by atoms with Crippen LogP contribution in [0.25, 0.3) is 0 Å². The molecule has 4 fully saturated rings. The van der Waals surface area contributed by atoms with Gasteiger partial charge in [-0.05, 0) is 105 Å². The highest BCUT2D eigenvalue weighted by Gasteiger charge is 2.68. The molecule has 0 aromatic carbocycles. The van der Waals surface area contributed by atoms with Gasteiger partial charge in [-0.15, -0.1) is 0 Å². The van der Waals surface area contributed by atoms with Gasteiger partial charge in [0.1, 0.15) is 5.78 Å². The minimum Gasteiger partial charge on any atom is -0.389 e. The smallest absolute Gasteiger partial charge is 0.138 e. The zero-order chi connectivity index (χ0) is 23.7. The van der Waals surface area contributed by atoms with Crippen molar-refractivity contribution in [3.63, 3.8) is 0 Å². The summed E-state index contributed by atoms with van der Waals surface area (Å²) in [5.41, 5.74) is 3.06. The molecule has 4 aliphatic rings. The molecular weight excluding hydrogens is 392 g/mol. The molecule has 0 radical (unpaired) electrons. The number of hydrogen-bond acceptors (Lipinski definition) is 2. The number of aliphatic hydroxyl groups is 1. The predicted molar refractivity (Wildman–Crippen MR) is 133 cm³/mol. The van der Waals surface area contributed by atoms with Crippen molar-refractivity contribution in [1.29, 1.82) is 0 Å². The van der Waals surface area contributed by atoms with E-state index in [1.807, 2.05) is 6.92 Å². The van der Waals surface area contributed by atoms with Crippen molar-refractivity contribution in [1.82, 2.24) is 0 Å². The van der Waals surface area contributed by atoms with Crippen molar-refractivity contribution in [2.75, 3.05) is 0 Å². The van der Waals surface area contributed by atoms with Crippen LogP contribution in [0.1, 0.15) is 106 Å². The molecule has 0 saturated heterocycles. The molecule has 4 rings (SSSR count). The van der Waals surface area contributed by atoms with E-state index in [-0.39, 0.29) is 5.41 Å². The molecule has 0 aromatic heterocycles. The van der Waals surface area contributed by atoms with Gasteiger partial charge in [0.25, 0.3) is 0 Å². The standard InChI is InChI=1S/C30H48O2/c1-19(2)23(31)11-9-20(3)21-13-17-29(7)22(21)10-12-25-28(6)16-15-26(32)27(4,5)24(28)14-18-30(25,29)8/h21-25,31H,1,3,9-18H2,2,4-8H3/t21-,22-,23?,24?,25-,28+,29-,30-/m1/s1. The largest absolute Gasteiger partial charge is 0.389 e. The monoisotopic (exact) mass is 440 g/mol. The summed E-state index contributed by atoms with van der Waals surface area (Å²) in [7, 11) is 0. The number of rotatable bonds is 5. The average Bonchev–Trinajstić information content (AvgIpc) is 3.07. The van der Waals surface area contributed by atoms with Crippen LogP contribution in [0.5, 0.6) is 0 Å². The van der Waals surface area contributed by atoms with E-state index in [1.165, 1.54) is 44.1 Å². The number of fused-ring (bicyclic) bond motifs is 5. The Morgan fingerprint density at radius 2 is 1.62 bits per heavy atom. The van der Waals surface area contributed by atoms with E-state index in [9.17, 15) is 9.90 Å². The molecule has 0 heterocycles. The van der Waals surface area contributed by atoms with E-state index in [0.29, 0.717) is 33.9 Å². The Hall–Kier alpha value is -0.890. The van der Waals surface area contributed by atoms with Crippen molar-refractivity contribution in [2.45, 2.75) is 112 Å². The second kappa shape index (κ2) is 7.82. The van der Waals surface area contributed by atoms with Gasteiger partial charge in [0.05, 0.1) is 6.10 Å². The van der Waals surface area contributed by atoms with Gasteiger partial charge in [-0.3, -0.25) is 4.79 Å². The van der Waals surface area contributed by atoms with Crippen molar-refractivity contribution < 1.29 is 9.90 Å². The van der Waals surface area contributed by atoms with Crippen LogP contribution >= 0.6 is 0 Å². The SMILES string of the molecule is C=C(C)C(O)CCC(=C)[C@H]1CC[C@]2(C)[C@@H]1CC[C@@H]1[C@@]3(C)CCC(=O)C(C)(C)C3CC[C@]12C. The highest BCUT2D eigenvalue weighted by Crippen LogP contribution is 2.75. The summed E-state index contributed by atoms with van der Waals surface area (Å²) >= 11 is 0. The maximum absolute atomic E-state index is 12.8. The fraction of sp³-hybridized carbons (Fsp3) is 0.833. The molecule has 32 heavy (non-hydrogen) atoms.